The first-order valence-corrected chi connectivity index (χ1v) is 7.09. The molecule has 1 fully saturated rings. The number of para-hydroxylation sites is 1. The van der Waals surface area contributed by atoms with Crippen LogP contribution in [-0.2, 0) is 4.79 Å². The first kappa shape index (κ1) is 15.3. The number of imide groups is 1. The number of anilines is 1. The van der Waals surface area contributed by atoms with Crippen molar-refractivity contribution in [3.05, 3.63) is 29.8 Å². The molecule has 114 valence electrons. The van der Waals surface area contributed by atoms with Crippen molar-refractivity contribution in [1.29, 1.82) is 0 Å². The molecule has 1 saturated heterocycles. The van der Waals surface area contributed by atoms with Gasteiger partial charge in [0, 0.05) is 24.3 Å². The van der Waals surface area contributed by atoms with Crippen molar-refractivity contribution in [3.8, 4) is 0 Å². The van der Waals surface area contributed by atoms with Crippen LogP contribution in [0.3, 0.4) is 0 Å². The molecule has 3 amide bonds. The first-order chi connectivity index (χ1) is 10.0. The minimum absolute atomic E-state index is 0.0231. The molecule has 3 N–H and O–H groups in total. The van der Waals surface area contributed by atoms with E-state index in [0.29, 0.717) is 18.8 Å². The van der Waals surface area contributed by atoms with Crippen LogP contribution in [0.2, 0.25) is 0 Å². The third kappa shape index (κ3) is 3.52. The molecule has 0 saturated carbocycles. The molecule has 0 aromatic heterocycles. The fourth-order valence-electron chi connectivity index (χ4n) is 2.25. The second-order valence-electron chi connectivity index (χ2n) is 5.41. The van der Waals surface area contributed by atoms with Crippen molar-refractivity contribution >= 4 is 17.6 Å². The van der Waals surface area contributed by atoms with E-state index < -0.39 is 6.10 Å². The van der Waals surface area contributed by atoms with Gasteiger partial charge in [0.05, 0.1) is 12.6 Å². The average Bonchev–Trinajstić information content (AvgIpc) is 2.90. The molecule has 1 aliphatic heterocycles. The monoisotopic (exact) mass is 291 g/mol. The summed E-state index contributed by atoms with van der Waals surface area (Å²) in [6.45, 7) is 4.78. The summed E-state index contributed by atoms with van der Waals surface area (Å²) in [6, 6.07) is 6.99. The molecule has 1 atom stereocenters. The van der Waals surface area contributed by atoms with Crippen LogP contribution in [-0.4, -0.2) is 41.6 Å². The standard InChI is InChI=1S/C15H21N3O3/c1-10(2)14(20)11-5-3-4-6-12(11)17-9-13(19)18-8-7-16-15(18)21/h3-6,10,14,17,20H,7-9H2,1-2H3,(H,16,21). The molecule has 6 heteroatoms. The van der Waals surface area contributed by atoms with E-state index in [-0.39, 0.29) is 24.4 Å². The number of hydrogen-bond acceptors (Lipinski definition) is 4. The zero-order chi connectivity index (χ0) is 15.4. The number of aliphatic hydroxyl groups excluding tert-OH is 1. The van der Waals surface area contributed by atoms with E-state index in [2.05, 4.69) is 10.6 Å². The van der Waals surface area contributed by atoms with E-state index >= 15 is 0 Å². The van der Waals surface area contributed by atoms with Gasteiger partial charge in [0.15, 0.2) is 0 Å². The quantitative estimate of drug-likeness (QED) is 0.764. The maximum absolute atomic E-state index is 12.0. The summed E-state index contributed by atoms with van der Waals surface area (Å²) in [5, 5.41) is 15.8. The number of aliphatic hydroxyl groups is 1. The lowest BCUT2D eigenvalue weighted by Crippen LogP contribution is -2.38. The molecule has 1 aromatic rings. The number of hydrogen-bond donors (Lipinski definition) is 3. The zero-order valence-electron chi connectivity index (χ0n) is 12.3. The Morgan fingerprint density at radius 2 is 2.14 bits per heavy atom. The highest BCUT2D eigenvalue weighted by Gasteiger charge is 2.26. The Labute approximate surface area is 124 Å². The van der Waals surface area contributed by atoms with E-state index in [1.165, 1.54) is 4.90 Å². The highest BCUT2D eigenvalue weighted by Crippen LogP contribution is 2.27. The number of carbonyl (C=O) groups is 2. The number of nitrogens with zero attached hydrogens (tertiary/aromatic N) is 1. The van der Waals surface area contributed by atoms with E-state index in [1.807, 2.05) is 38.1 Å². The Bertz CT molecular complexity index is 531. The molecule has 2 rings (SSSR count). The van der Waals surface area contributed by atoms with E-state index in [1.54, 1.807) is 0 Å². The third-order valence-corrected chi connectivity index (χ3v) is 3.50. The van der Waals surface area contributed by atoms with Crippen molar-refractivity contribution in [1.82, 2.24) is 10.2 Å². The maximum atomic E-state index is 12.0. The van der Waals surface area contributed by atoms with Gasteiger partial charge in [-0.1, -0.05) is 32.0 Å². The lowest BCUT2D eigenvalue weighted by atomic mass is 9.97. The van der Waals surface area contributed by atoms with Crippen molar-refractivity contribution in [2.24, 2.45) is 5.92 Å². The molecule has 0 radical (unpaired) electrons. The molecule has 1 aromatic carbocycles. The second kappa shape index (κ2) is 6.58. The highest BCUT2D eigenvalue weighted by atomic mass is 16.3. The normalized spacial score (nSPS) is 16.0. The smallest absolute Gasteiger partial charge is 0.324 e. The third-order valence-electron chi connectivity index (χ3n) is 3.50. The fraction of sp³-hybridized carbons (Fsp3) is 0.467. The van der Waals surface area contributed by atoms with Crippen LogP contribution >= 0.6 is 0 Å². The van der Waals surface area contributed by atoms with Gasteiger partial charge in [-0.3, -0.25) is 9.69 Å². The van der Waals surface area contributed by atoms with Gasteiger partial charge < -0.3 is 15.7 Å². The SMILES string of the molecule is CC(C)C(O)c1ccccc1NCC(=O)N1CCNC1=O. The van der Waals surface area contributed by atoms with E-state index in [4.69, 9.17) is 0 Å². The summed E-state index contributed by atoms with van der Waals surface area (Å²) < 4.78 is 0. The van der Waals surface area contributed by atoms with Gasteiger partial charge in [-0.05, 0) is 12.0 Å². The van der Waals surface area contributed by atoms with Gasteiger partial charge in [-0.2, -0.15) is 0 Å². The van der Waals surface area contributed by atoms with Gasteiger partial charge in [-0.15, -0.1) is 0 Å². The highest BCUT2D eigenvalue weighted by molar-refractivity contribution is 5.97. The topological polar surface area (TPSA) is 81.7 Å². The number of carbonyl (C=O) groups excluding carboxylic acids is 2. The predicted octanol–water partition coefficient (Wildman–Crippen LogP) is 1.34. The van der Waals surface area contributed by atoms with Crippen molar-refractivity contribution < 1.29 is 14.7 Å². The molecule has 6 nitrogen and oxygen atoms in total. The van der Waals surface area contributed by atoms with Crippen LogP contribution < -0.4 is 10.6 Å². The number of amides is 3. The van der Waals surface area contributed by atoms with Gasteiger partial charge in [0.25, 0.3) is 0 Å². The fourth-order valence-corrected chi connectivity index (χ4v) is 2.25. The Morgan fingerprint density at radius 1 is 1.43 bits per heavy atom. The molecule has 1 heterocycles. The number of nitrogens with one attached hydrogen (secondary N) is 2. The molecular formula is C15H21N3O3. The Balaban J connectivity index is 2.03. The summed E-state index contributed by atoms with van der Waals surface area (Å²) >= 11 is 0. The van der Waals surface area contributed by atoms with Crippen LogP contribution in [0, 0.1) is 5.92 Å². The zero-order valence-corrected chi connectivity index (χ0v) is 12.3. The number of benzene rings is 1. The molecule has 0 spiro atoms. The summed E-state index contributed by atoms with van der Waals surface area (Å²) in [7, 11) is 0. The van der Waals surface area contributed by atoms with Crippen LogP contribution in [0.15, 0.2) is 24.3 Å². The lowest BCUT2D eigenvalue weighted by molar-refractivity contribution is -0.125. The Morgan fingerprint density at radius 3 is 2.76 bits per heavy atom. The summed E-state index contributed by atoms with van der Waals surface area (Å²) in [5.74, 6) is -0.202. The van der Waals surface area contributed by atoms with E-state index in [9.17, 15) is 14.7 Å². The van der Waals surface area contributed by atoms with Crippen LogP contribution in [0.5, 0.6) is 0 Å². The average molecular weight is 291 g/mol. The molecule has 0 bridgehead atoms. The van der Waals surface area contributed by atoms with Gasteiger partial charge in [-0.25, -0.2) is 4.79 Å². The van der Waals surface area contributed by atoms with Crippen molar-refractivity contribution in [3.63, 3.8) is 0 Å². The molecule has 21 heavy (non-hydrogen) atoms. The first-order valence-electron chi connectivity index (χ1n) is 7.09. The Hall–Kier alpha value is -2.08. The molecule has 0 aliphatic carbocycles. The predicted molar refractivity (Wildman–Crippen MR) is 79.8 cm³/mol. The van der Waals surface area contributed by atoms with E-state index in [0.717, 1.165) is 5.56 Å². The second-order valence-corrected chi connectivity index (χ2v) is 5.41. The summed E-state index contributed by atoms with van der Waals surface area (Å²) in [5.41, 5.74) is 1.47. The lowest BCUT2D eigenvalue weighted by Gasteiger charge is -2.20. The van der Waals surface area contributed by atoms with Gasteiger partial charge in [0.2, 0.25) is 5.91 Å². The maximum Gasteiger partial charge on any atom is 0.324 e. The van der Waals surface area contributed by atoms with Crippen molar-refractivity contribution in [2.45, 2.75) is 20.0 Å². The van der Waals surface area contributed by atoms with Crippen molar-refractivity contribution in [2.75, 3.05) is 25.0 Å². The molecule has 1 aliphatic rings. The van der Waals surface area contributed by atoms with Crippen LogP contribution in [0.25, 0.3) is 0 Å². The Kier molecular flexibility index (Phi) is 4.80. The summed E-state index contributed by atoms with van der Waals surface area (Å²) in [6.07, 6.45) is -0.598. The molecular weight excluding hydrogens is 270 g/mol. The van der Waals surface area contributed by atoms with Gasteiger partial charge in [0.1, 0.15) is 0 Å². The number of urea groups is 1. The summed E-state index contributed by atoms with van der Waals surface area (Å²) in [4.78, 5) is 24.6. The minimum atomic E-state index is -0.598. The minimum Gasteiger partial charge on any atom is -0.388 e. The van der Waals surface area contributed by atoms with Crippen LogP contribution in [0.4, 0.5) is 10.5 Å². The van der Waals surface area contributed by atoms with Gasteiger partial charge >= 0.3 is 6.03 Å². The van der Waals surface area contributed by atoms with Crippen LogP contribution in [0.1, 0.15) is 25.5 Å². The number of rotatable bonds is 5. The largest absolute Gasteiger partial charge is 0.388 e. The molecule has 1 unspecified atom stereocenters.